The lowest BCUT2D eigenvalue weighted by molar-refractivity contribution is -0.249. The molecule has 3 rings (SSSR count). The maximum absolute atomic E-state index is 14.6. The van der Waals surface area contributed by atoms with E-state index in [4.69, 9.17) is 20.9 Å². The SMILES string of the molecule is CC1(c2cc(NC(=O)Oc3ncc(C(F)F)nc3N)ccc2F)COC(C)(C(F)(F)F)C(N)=N1. The number of anilines is 2. The van der Waals surface area contributed by atoms with Crippen LogP contribution in [0.1, 0.15) is 31.5 Å². The van der Waals surface area contributed by atoms with Crippen LogP contribution < -0.4 is 21.5 Å². The zero-order valence-electron chi connectivity index (χ0n) is 17.6. The fraction of sp³-hybridized carbons (Fsp3) is 0.368. The minimum atomic E-state index is -4.86. The molecule has 1 aromatic carbocycles. The molecule has 9 nitrogen and oxygen atoms in total. The molecule has 2 aromatic rings. The summed E-state index contributed by atoms with van der Waals surface area (Å²) in [5.74, 6) is -2.88. The molecule has 0 saturated carbocycles. The van der Waals surface area contributed by atoms with Gasteiger partial charge in [-0.1, -0.05) is 0 Å². The largest absolute Gasteiger partial charge is 0.424 e. The van der Waals surface area contributed by atoms with Crippen molar-refractivity contribution in [3.63, 3.8) is 0 Å². The second-order valence-electron chi connectivity index (χ2n) is 7.59. The average Bonchev–Trinajstić information content (AvgIpc) is 2.73. The third-order valence-corrected chi connectivity index (χ3v) is 5.03. The Balaban J connectivity index is 1.83. The fourth-order valence-electron chi connectivity index (χ4n) is 2.97. The molecule has 0 radical (unpaired) electrons. The van der Waals surface area contributed by atoms with Gasteiger partial charge in [-0.05, 0) is 32.0 Å². The summed E-state index contributed by atoms with van der Waals surface area (Å²) in [6, 6.07) is 3.17. The number of aromatic nitrogens is 2. The van der Waals surface area contributed by atoms with E-state index in [0.717, 1.165) is 18.2 Å². The van der Waals surface area contributed by atoms with E-state index in [1.54, 1.807) is 0 Å². The van der Waals surface area contributed by atoms with E-state index >= 15 is 0 Å². The summed E-state index contributed by atoms with van der Waals surface area (Å²) >= 11 is 0. The molecule has 0 spiro atoms. The van der Waals surface area contributed by atoms with Gasteiger partial charge >= 0.3 is 12.3 Å². The highest BCUT2D eigenvalue weighted by atomic mass is 19.4. The average molecular weight is 492 g/mol. The molecule has 0 aliphatic carbocycles. The topological polar surface area (TPSA) is 138 Å². The first-order chi connectivity index (χ1) is 15.7. The summed E-state index contributed by atoms with van der Waals surface area (Å²) in [5.41, 5.74) is 5.49. The molecule has 0 bridgehead atoms. The second kappa shape index (κ2) is 8.62. The van der Waals surface area contributed by atoms with Gasteiger partial charge in [0.25, 0.3) is 12.3 Å². The van der Waals surface area contributed by atoms with Gasteiger partial charge in [0.1, 0.15) is 22.9 Å². The summed E-state index contributed by atoms with van der Waals surface area (Å²) < 4.78 is 89.5. The standard InChI is InChI=1S/C19H18F6N6O3/c1-17(7-33-18(2,15(27)31-17)19(23,24)25)9-5-8(3-4-10(9)20)29-16(32)34-14-13(26)30-11(6-28-14)12(21)22/h3-6,12H,7H2,1-2H3,(H2,26,30)(H2,27,31)(H,29,32). The summed E-state index contributed by atoms with van der Waals surface area (Å²) in [5, 5.41) is 2.23. The van der Waals surface area contributed by atoms with Crippen molar-refractivity contribution in [1.29, 1.82) is 0 Å². The lowest BCUT2D eigenvalue weighted by Gasteiger charge is -2.41. The number of nitrogen functional groups attached to an aromatic ring is 1. The second-order valence-corrected chi connectivity index (χ2v) is 7.59. The van der Waals surface area contributed by atoms with Gasteiger partial charge in [-0.2, -0.15) is 13.2 Å². The van der Waals surface area contributed by atoms with Crippen LogP contribution >= 0.6 is 0 Å². The molecular formula is C19H18F6N6O3. The predicted octanol–water partition coefficient (Wildman–Crippen LogP) is 3.67. The van der Waals surface area contributed by atoms with Crippen molar-refractivity contribution in [1.82, 2.24) is 9.97 Å². The molecule has 184 valence electrons. The highest BCUT2D eigenvalue weighted by molar-refractivity contribution is 5.91. The normalized spacial score (nSPS) is 22.9. The van der Waals surface area contributed by atoms with Gasteiger partial charge in [-0.3, -0.25) is 10.3 Å². The maximum Gasteiger partial charge on any atom is 0.424 e. The Morgan fingerprint density at radius 3 is 2.50 bits per heavy atom. The molecule has 2 heterocycles. The number of hydrogen-bond donors (Lipinski definition) is 3. The van der Waals surface area contributed by atoms with Gasteiger partial charge in [0, 0.05) is 11.3 Å². The zero-order valence-corrected chi connectivity index (χ0v) is 17.6. The van der Waals surface area contributed by atoms with E-state index in [0.29, 0.717) is 13.1 Å². The minimum Gasteiger partial charge on any atom is -0.387 e. The molecule has 1 amide bonds. The van der Waals surface area contributed by atoms with Gasteiger partial charge < -0.3 is 20.9 Å². The van der Waals surface area contributed by atoms with Crippen molar-refractivity contribution in [2.24, 2.45) is 10.7 Å². The van der Waals surface area contributed by atoms with Gasteiger partial charge in [0.05, 0.1) is 12.8 Å². The van der Waals surface area contributed by atoms with E-state index in [1.807, 2.05) is 0 Å². The molecule has 1 aromatic heterocycles. The maximum atomic E-state index is 14.6. The molecule has 34 heavy (non-hydrogen) atoms. The highest BCUT2D eigenvalue weighted by Gasteiger charge is 2.59. The Labute approximate surface area is 188 Å². The summed E-state index contributed by atoms with van der Waals surface area (Å²) in [7, 11) is 0. The van der Waals surface area contributed by atoms with Crippen LogP contribution in [-0.4, -0.2) is 40.3 Å². The van der Waals surface area contributed by atoms with Crippen molar-refractivity contribution >= 4 is 23.4 Å². The number of alkyl halides is 5. The number of aliphatic imine (C=N–C) groups is 1. The van der Waals surface area contributed by atoms with Crippen LogP contribution in [0.5, 0.6) is 5.88 Å². The molecule has 1 aliphatic heterocycles. The molecule has 1 aliphatic rings. The van der Waals surface area contributed by atoms with Crippen molar-refractivity contribution in [2.75, 3.05) is 17.7 Å². The van der Waals surface area contributed by atoms with Crippen LogP contribution in [-0.2, 0) is 10.3 Å². The Morgan fingerprint density at radius 2 is 1.94 bits per heavy atom. The van der Waals surface area contributed by atoms with Gasteiger partial charge in [-0.25, -0.2) is 27.9 Å². The van der Waals surface area contributed by atoms with Gasteiger partial charge in [0.2, 0.25) is 5.60 Å². The van der Waals surface area contributed by atoms with Crippen molar-refractivity contribution in [2.45, 2.75) is 37.6 Å². The number of amides is 1. The zero-order chi connectivity index (χ0) is 25.5. The van der Waals surface area contributed by atoms with Crippen LogP contribution in [0.2, 0.25) is 0 Å². The first-order valence-corrected chi connectivity index (χ1v) is 9.42. The van der Waals surface area contributed by atoms with Crippen molar-refractivity contribution in [3.8, 4) is 5.88 Å². The fourth-order valence-corrected chi connectivity index (χ4v) is 2.97. The smallest absolute Gasteiger partial charge is 0.387 e. The molecule has 2 unspecified atom stereocenters. The van der Waals surface area contributed by atoms with Crippen LogP contribution in [0.4, 0.5) is 42.6 Å². The van der Waals surface area contributed by atoms with Crippen LogP contribution in [0, 0.1) is 5.82 Å². The first-order valence-electron chi connectivity index (χ1n) is 9.42. The lowest BCUT2D eigenvalue weighted by atomic mass is 9.89. The molecular weight excluding hydrogens is 474 g/mol. The Hall–Kier alpha value is -3.62. The number of nitrogens with zero attached hydrogens (tertiary/aromatic N) is 3. The summed E-state index contributed by atoms with van der Waals surface area (Å²) in [6.07, 6.45) is -8.31. The third-order valence-electron chi connectivity index (χ3n) is 5.03. The third kappa shape index (κ3) is 4.69. The number of nitrogens with two attached hydrogens (primary N) is 2. The van der Waals surface area contributed by atoms with E-state index in [-0.39, 0.29) is 11.3 Å². The number of carbonyl (C=O) groups is 1. The molecule has 0 fully saturated rings. The van der Waals surface area contributed by atoms with Crippen LogP contribution in [0.25, 0.3) is 0 Å². The quantitative estimate of drug-likeness (QED) is 0.554. The van der Waals surface area contributed by atoms with Crippen LogP contribution in [0.3, 0.4) is 0 Å². The summed E-state index contributed by atoms with van der Waals surface area (Å²) in [6.45, 7) is 1.34. The Kier molecular flexibility index (Phi) is 6.34. The van der Waals surface area contributed by atoms with Crippen molar-refractivity contribution < 1.29 is 40.6 Å². The molecule has 5 N–H and O–H groups in total. The Morgan fingerprint density at radius 1 is 1.26 bits per heavy atom. The lowest BCUT2D eigenvalue weighted by Crippen LogP contribution is -2.60. The van der Waals surface area contributed by atoms with E-state index in [2.05, 4.69) is 20.3 Å². The number of rotatable bonds is 4. The van der Waals surface area contributed by atoms with Crippen LogP contribution in [0.15, 0.2) is 29.4 Å². The van der Waals surface area contributed by atoms with Gasteiger partial charge in [0.15, 0.2) is 5.82 Å². The Bertz CT molecular complexity index is 1140. The van der Waals surface area contributed by atoms with E-state index in [1.165, 1.54) is 6.92 Å². The molecule has 0 saturated heterocycles. The first kappa shape index (κ1) is 25.0. The molecule has 15 heteroatoms. The number of ether oxygens (including phenoxy) is 2. The number of hydrogen-bond acceptors (Lipinski definition) is 8. The molecule has 2 atom stereocenters. The number of halogens is 6. The van der Waals surface area contributed by atoms with E-state index in [9.17, 15) is 31.1 Å². The highest BCUT2D eigenvalue weighted by Crippen LogP contribution is 2.41. The monoisotopic (exact) mass is 492 g/mol. The summed E-state index contributed by atoms with van der Waals surface area (Å²) in [4.78, 5) is 22.9. The predicted molar refractivity (Wildman–Crippen MR) is 107 cm³/mol. The number of nitrogens with one attached hydrogen (secondary N) is 1. The van der Waals surface area contributed by atoms with E-state index < -0.39 is 65.5 Å². The number of amidine groups is 1. The van der Waals surface area contributed by atoms with Crippen molar-refractivity contribution in [3.05, 3.63) is 41.5 Å². The minimum absolute atomic E-state index is 0.0451. The number of benzene rings is 1. The number of carbonyl (C=O) groups excluding carboxylic acids is 1. The van der Waals surface area contributed by atoms with Gasteiger partial charge in [-0.15, -0.1) is 0 Å².